The van der Waals surface area contributed by atoms with Crippen molar-refractivity contribution in [1.82, 2.24) is 0 Å². The Balaban J connectivity index is 1.96. The number of hydrogen-bond donors (Lipinski definition) is 1. The van der Waals surface area contributed by atoms with Gasteiger partial charge in [-0.1, -0.05) is 23.9 Å². The Labute approximate surface area is 113 Å². The minimum atomic E-state index is -0.594. The molecule has 0 amide bonds. The predicted molar refractivity (Wildman–Crippen MR) is 71.2 cm³/mol. The number of nitrogens with two attached hydrogens (primary N) is 1. The topological polar surface area (TPSA) is 69.4 Å². The van der Waals surface area contributed by atoms with Crippen LogP contribution in [0.5, 0.6) is 0 Å². The summed E-state index contributed by atoms with van der Waals surface area (Å²) in [6, 6.07) is 12.5. The molecule has 2 aromatic carbocycles. The summed E-state index contributed by atoms with van der Waals surface area (Å²) in [4.78, 5) is 24.5. The Morgan fingerprint density at radius 2 is 1.68 bits per heavy atom. The predicted octanol–water partition coefficient (Wildman–Crippen LogP) is 2.73. The van der Waals surface area contributed by atoms with E-state index >= 15 is 0 Å². The van der Waals surface area contributed by atoms with Gasteiger partial charge in [0, 0.05) is 15.5 Å². The van der Waals surface area contributed by atoms with Gasteiger partial charge in [0.05, 0.1) is 11.1 Å². The minimum absolute atomic E-state index is 0.310. The van der Waals surface area contributed by atoms with E-state index in [-0.39, 0.29) is 0 Å². The van der Waals surface area contributed by atoms with Crippen molar-refractivity contribution < 1.29 is 14.3 Å². The first kappa shape index (κ1) is 11.8. The molecule has 4 nitrogen and oxygen atoms in total. The lowest BCUT2D eigenvalue weighted by Gasteiger charge is -2.05. The highest BCUT2D eigenvalue weighted by Crippen LogP contribution is 2.34. The van der Waals surface area contributed by atoms with E-state index < -0.39 is 11.9 Å². The lowest BCUT2D eigenvalue weighted by atomic mass is 10.1. The summed E-state index contributed by atoms with van der Waals surface area (Å²) in [5.41, 5.74) is 7.16. The zero-order chi connectivity index (χ0) is 13.4. The zero-order valence-corrected chi connectivity index (χ0v) is 10.6. The Morgan fingerprint density at radius 3 is 2.47 bits per heavy atom. The Morgan fingerprint density at radius 1 is 0.947 bits per heavy atom. The van der Waals surface area contributed by atoms with Crippen LogP contribution in [0.25, 0.3) is 0 Å². The fourth-order valence-electron chi connectivity index (χ4n) is 1.83. The largest absolute Gasteiger partial charge is 0.398 e. The molecule has 0 aliphatic carbocycles. The molecule has 3 rings (SSSR count). The number of carbonyl (C=O) groups is 2. The minimum Gasteiger partial charge on any atom is -0.398 e. The molecule has 1 aliphatic heterocycles. The van der Waals surface area contributed by atoms with Gasteiger partial charge in [-0.2, -0.15) is 0 Å². The van der Waals surface area contributed by atoms with E-state index in [4.69, 9.17) is 5.73 Å². The number of fused-ring (bicyclic) bond motifs is 1. The Hall–Kier alpha value is -2.27. The van der Waals surface area contributed by atoms with E-state index in [1.165, 1.54) is 11.8 Å². The van der Waals surface area contributed by atoms with Gasteiger partial charge in [0.15, 0.2) is 0 Å². The number of carbonyl (C=O) groups excluding carboxylic acids is 2. The average Bonchev–Trinajstić information content (AvgIpc) is 2.68. The van der Waals surface area contributed by atoms with Gasteiger partial charge in [0.2, 0.25) is 0 Å². The van der Waals surface area contributed by atoms with Gasteiger partial charge in [-0.05, 0) is 30.3 Å². The van der Waals surface area contributed by atoms with Crippen molar-refractivity contribution in [3.05, 3.63) is 53.6 Å². The molecule has 0 fully saturated rings. The molecule has 1 heterocycles. The molecule has 1 aliphatic rings. The normalized spacial score (nSPS) is 13.3. The standard InChI is InChI=1S/C14H9NO3S/c15-11-3-1-2-4-12(11)19-8-5-6-9-10(7-8)14(17)18-13(9)16/h1-7H,15H2. The molecule has 19 heavy (non-hydrogen) atoms. The van der Waals surface area contributed by atoms with Crippen molar-refractivity contribution >= 4 is 29.4 Å². The molecule has 0 saturated carbocycles. The van der Waals surface area contributed by atoms with Crippen LogP contribution >= 0.6 is 11.8 Å². The molecular weight excluding hydrogens is 262 g/mol. The van der Waals surface area contributed by atoms with Gasteiger partial charge in [-0.15, -0.1) is 0 Å². The van der Waals surface area contributed by atoms with Gasteiger partial charge in [0.25, 0.3) is 0 Å². The molecule has 5 heteroatoms. The third kappa shape index (κ3) is 2.08. The average molecular weight is 271 g/mol. The molecule has 2 N–H and O–H groups in total. The number of ether oxygens (including phenoxy) is 1. The summed E-state index contributed by atoms with van der Waals surface area (Å²) in [7, 11) is 0. The van der Waals surface area contributed by atoms with E-state index in [1.807, 2.05) is 24.3 Å². The van der Waals surface area contributed by atoms with Crippen molar-refractivity contribution in [2.45, 2.75) is 9.79 Å². The summed E-state index contributed by atoms with van der Waals surface area (Å²) in [6.45, 7) is 0. The van der Waals surface area contributed by atoms with Crippen molar-refractivity contribution in [3.8, 4) is 0 Å². The van der Waals surface area contributed by atoms with Gasteiger partial charge in [-0.3, -0.25) is 0 Å². The summed E-state index contributed by atoms with van der Waals surface area (Å²) >= 11 is 1.44. The highest BCUT2D eigenvalue weighted by molar-refractivity contribution is 7.99. The number of rotatable bonds is 2. The maximum atomic E-state index is 11.5. The summed E-state index contributed by atoms with van der Waals surface area (Å²) < 4.78 is 4.55. The Kier molecular flexibility index (Phi) is 2.76. The number of para-hydroxylation sites is 1. The second-order valence-corrected chi connectivity index (χ2v) is 5.14. The second kappa shape index (κ2) is 4.44. The number of hydrogen-bond acceptors (Lipinski definition) is 5. The molecule has 0 aromatic heterocycles. The van der Waals surface area contributed by atoms with Crippen LogP contribution in [0.15, 0.2) is 52.3 Å². The second-order valence-electron chi connectivity index (χ2n) is 4.02. The summed E-state index contributed by atoms with van der Waals surface area (Å²) in [5.74, 6) is -1.18. The first-order chi connectivity index (χ1) is 9.15. The van der Waals surface area contributed by atoms with Crippen molar-refractivity contribution in [2.75, 3.05) is 5.73 Å². The summed E-state index contributed by atoms with van der Waals surface area (Å²) in [6.07, 6.45) is 0. The van der Waals surface area contributed by atoms with Crippen molar-refractivity contribution in [2.24, 2.45) is 0 Å². The number of anilines is 1. The van der Waals surface area contributed by atoms with Crippen LogP contribution in [0.4, 0.5) is 5.69 Å². The van der Waals surface area contributed by atoms with Crippen LogP contribution in [0.3, 0.4) is 0 Å². The lowest BCUT2D eigenvalue weighted by Crippen LogP contribution is -1.96. The molecule has 0 atom stereocenters. The third-order valence-corrected chi connectivity index (χ3v) is 3.84. The fourth-order valence-corrected chi connectivity index (χ4v) is 2.73. The number of nitrogen functional groups attached to an aromatic ring is 1. The van der Waals surface area contributed by atoms with Gasteiger partial charge >= 0.3 is 11.9 Å². The monoisotopic (exact) mass is 271 g/mol. The molecule has 2 aromatic rings. The van der Waals surface area contributed by atoms with Gasteiger partial charge in [-0.25, -0.2) is 9.59 Å². The van der Waals surface area contributed by atoms with Gasteiger partial charge in [0.1, 0.15) is 0 Å². The smallest absolute Gasteiger partial charge is 0.346 e. The highest BCUT2D eigenvalue weighted by atomic mass is 32.2. The van der Waals surface area contributed by atoms with Crippen molar-refractivity contribution in [3.63, 3.8) is 0 Å². The molecule has 0 unspecified atom stereocenters. The highest BCUT2D eigenvalue weighted by Gasteiger charge is 2.29. The first-order valence-corrected chi connectivity index (χ1v) is 6.40. The summed E-state index contributed by atoms with van der Waals surface area (Å²) in [5, 5.41) is 0. The third-order valence-electron chi connectivity index (χ3n) is 2.76. The van der Waals surface area contributed by atoms with Crippen LogP contribution in [-0.2, 0) is 4.74 Å². The molecule has 0 radical (unpaired) electrons. The first-order valence-electron chi connectivity index (χ1n) is 5.58. The molecular formula is C14H9NO3S. The van der Waals surface area contributed by atoms with Crippen LogP contribution in [0, 0.1) is 0 Å². The maximum absolute atomic E-state index is 11.5. The fraction of sp³-hybridized carbons (Fsp3) is 0. The van der Waals surface area contributed by atoms with E-state index in [2.05, 4.69) is 4.74 Å². The molecule has 0 spiro atoms. The number of esters is 2. The van der Waals surface area contributed by atoms with Crippen LogP contribution in [-0.4, -0.2) is 11.9 Å². The number of cyclic esters (lactones) is 2. The van der Waals surface area contributed by atoms with Crippen LogP contribution in [0.2, 0.25) is 0 Å². The van der Waals surface area contributed by atoms with E-state index in [0.29, 0.717) is 16.8 Å². The SMILES string of the molecule is Nc1ccccc1Sc1ccc2c(c1)C(=O)OC2=O. The van der Waals surface area contributed by atoms with Crippen LogP contribution < -0.4 is 5.73 Å². The van der Waals surface area contributed by atoms with Crippen molar-refractivity contribution in [1.29, 1.82) is 0 Å². The van der Waals surface area contributed by atoms with Crippen LogP contribution in [0.1, 0.15) is 20.7 Å². The van der Waals surface area contributed by atoms with E-state index in [1.54, 1.807) is 18.2 Å². The van der Waals surface area contributed by atoms with E-state index in [0.717, 1.165) is 9.79 Å². The Bertz CT molecular complexity index is 697. The lowest BCUT2D eigenvalue weighted by molar-refractivity contribution is 0.0444. The van der Waals surface area contributed by atoms with E-state index in [9.17, 15) is 9.59 Å². The maximum Gasteiger partial charge on any atom is 0.346 e. The quantitative estimate of drug-likeness (QED) is 0.516. The molecule has 94 valence electrons. The molecule has 0 saturated heterocycles. The zero-order valence-electron chi connectivity index (χ0n) is 9.75. The molecule has 0 bridgehead atoms. The number of benzene rings is 2. The van der Waals surface area contributed by atoms with Gasteiger partial charge < -0.3 is 10.5 Å².